The molecule has 0 atom stereocenters. The van der Waals surface area contributed by atoms with Crippen LogP contribution in [0.25, 0.3) is 0 Å². The van der Waals surface area contributed by atoms with Gasteiger partial charge in [0.1, 0.15) is 5.82 Å². The fourth-order valence-electron chi connectivity index (χ4n) is 2.31. The lowest BCUT2D eigenvalue weighted by molar-refractivity contribution is -0.115. The first-order chi connectivity index (χ1) is 12.5. The first-order valence-corrected chi connectivity index (χ1v) is 9.86. The van der Waals surface area contributed by atoms with Crippen LogP contribution in [0.2, 0.25) is 0 Å². The number of aromatic nitrogens is 2. The van der Waals surface area contributed by atoms with Gasteiger partial charge in [-0.15, -0.1) is 10.2 Å². The monoisotopic (exact) mass is 387 g/mol. The van der Waals surface area contributed by atoms with Crippen molar-refractivity contribution in [2.45, 2.75) is 30.4 Å². The Kier molecular flexibility index (Phi) is 6.00. The van der Waals surface area contributed by atoms with Crippen molar-refractivity contribution in [2.75, 3.05) is 5.32 Å². The third-order valence-electron chi connectivity index (χ3n) is 3.86. The second-order valence-electron chi connectivity index (χ2n) is 5.93. The number of anilines is 1. The number of carbonyl (C=O) groups excluding carboxylic acids is 1. The summed E-state index contributed by atoms with van der Waals surface area (Å²) in [5.74, 6) is 0.314. The molecule has 0 spiro atoms. The Morgan fingerprint density at radius 2 is 1.81 bits per heavy atom. The fourth-order valence-corrected chi connectivity index (χ4v) is 4.03. The number of hydrogen-bond acceptors (Lipinski definition) is 5. The Hall–Kier alpha value is -2.25. The summed E-state index contributed by atoms with van der Waals surface area (Å²) in [6.07, 6.45) is 0.304. The van der Waals surface area contributed by atoms with Crippen LogP contribution in [-0.2, 0) is 17.0 Å². The Balaban J connectivity index is 1.53. The van der Waals surface area contributed by atoms with E-state index in [4.69, 9.17) is 0 Å². The summed E-state index contributed by atoms with van der Waals surface area (Å²) in [5.41, 5.74) is 4.36. The van der Waals surface area contributed by atoms with Gasteiger partial charge in [-0.05, 0) is 48.2 Å². The molecule has 3 aromatic rings. The van der Waals surface area contributed by atoms with Gasteiger partial charge in [0.15, 0.2) is 4.34 Å². The molecule has 134 valence electrons. The molecule has 0 unspecified atom stereocenters. The molecule has 0 fully saturated rings. The highest BCUT2D eigenvalue weighted by Gasteiger charge is 2.10. The van der Waals surface area contributed by atoms with E-state index in [1.165, 1.54) is 46.4 Å². The van der Waals surface area contributed by atoms with Crippen LogP contribution in [0.4, 0.5) is 9.52 Å². The number of rotatable bonds is 6. The van der Waals surface area contributed by atoms with Gasteiger partial charge in [-0.3, -0.25) is 4.79 Å². The molecule has 0 bridgehead atoms. The zero-order chi connectivity index (χ0) is 18.5. The first-order valence-electron chi connectivity index (χ1n) is 8.06. The van der Waals surface area contributed by atoms with E-state index in [1.807, 2.05) is 32.0 Å². The summed E-state index contributed by atoms with van der Waals surface area (Å²) in [6, 6.07) is 12.4. The maximum atomic E-state index is 12.9. The Bertz CT molecular complexity index is 909. The van der Waals surface area contributed by atoms with Gasteiger partial charge in [-0.25, -0.2) is 4.39 Å². The largest absolute Gasteiger partial charge is 0.300 e. The van der Waals surface area contributed by atoms with Crippen molar-refractivity contribution in [3.05, 3.63) is 70.5 Å². The molecule has 0 radical (unpaired) electrons. The van der Waals surface area contributed by atoms with Crippen LogP contribution in [-0.4, -0.2) is 16.1 Å². The van der Waals surface area contributed by atoms with Gasteiger partial charge in [-0.2, -0.15) is 0 Å². The predicted molar refractivity (Wildman–Crippen MR) is 104 cm³/mol. The third-order valence-corrected chi connectivity index (χ3v) is 5.91. The van der Waals surface area contributed by atoms with Gasteiger partial charge >= 0.3 is 0 Å². The molecule has 7 heteroatoms. The minimum absolute atomic E-state index is 0.112. The number of nitrogens with zero attached hydrogens (tertiary/aromatic N) is 2. The summed E-state index contributed by atoms with van der Waals surface area (Å²) in [4.78, 5) is 12.2. The van der Waals surface area contributed by atoms with Crippen LogP contribution in [0, 0.1) is 19.7 Å². The number of benzene rings is 2. The maximum absolute atomic E-state index is 12.9. The quantitative estimate of drug-likeness (QED) is 0.489. The summed E-state index contributed by atoms with van der Waals surface area (Å²) in [6.45, 7) is 4.08. The molecule has 0 aliphatic rings. The van der Waals surface area contributed by atoms with E-state index >= 15 is 0 Å². The minimum atomic E-state index is -0.247. The molecule has 1 N–H and O–H groups in total. The molecule has 1 aromatic heterocycles. The topological polar surface area (TPSA) is 54.9 Å². The zero-order valence-corrected chi connectivity index (χ0v) is 16.1. The normalized spacial score (nSPS) is 10.7. The van der Waals surface area contributed by atoms with Gasteiger partial charge in [0.2, 0.25) is 11.0 Å². The zero-order valence-electron chi connectivity index (χ0n) is 14.5. The van der Waals surface area contributed by atoms with Gasteiger partial charge in [-0.1, -0.05) is 53.4 Å². The van der Waals surface area contributed by atoms with Gasteiger partial charge < -0.3 is 5.32 Å². The maximum Gasteiger partial charge on any atom is 0.230 e. The Labute approximate surface area is 159 Å². The number of thioether (sulfide) groups is 1. The van der Waals surface area contributed by atoms with Crippen LogP contribution in [0.15, 0.2) is 46.8 Å². The molecule has 3 rings (SSSR count). The van der Waals surface area contributed by atoms with Crippen molar-refractivity contribution in [2.24, 2.45) is 0 Å². The fraction of sp³-hybridized carbons (Fsp3) is 0.211. The molecule has 1 heterocycles. The van der Waals surface area contributed by atoms with E-state index < -0.39 is 0 Å². The SMILES string of the molecule is Cc1ccc(CC(=O)Nc2nnc(SCc3ccc(F)cc3)s2)cc1C. The molecule has 26 heavy (non-hydrogen) atoms. The number of nitrogens with one attached hydrogen (secondary N) is 1. The van der Waals surface area contributed by atoms with Crippen LogP contribution in [0.5, 0.6) is 0 Å². The standard InChI is InChI=1S/C19H18FN3OS2/c1-12-3-4-15(9-13(12)2)10-17(24)21-18-22-23-19(26-18)25-11-14-5-7-16(20)8-6-14/h3-9H,10-11H2,1-2H3,(H,21,22,24). The van der Waals surface area contributed by atoms with Crippen LogP contribution >= 0.6 is 23.1 Å². The molecular weight excluding hydrogens is 369 g/mol. The molecule has 4 nitrogen and oxygen atoms in total. The number of aryl methyl sites for hydroxylation is 2. The predicted octanol–water partition coefficient (Wildman–Crippen LogP) is 4.77. The number of hydrogen-bond donors (Lipinski definition) is 1. The van der Waals surface area contributed by atoms with Gasteiger partial charge in [0.05, 0.1) is 6.42 Å². The van der Waals surface area contributed by atoms with Crippen molar-refractivity contribution in [1.29, 1.82) is 0 Å². The van der Waals surface area contributed by atoms with Crippen molar-refractivity contribution >= 4 is 34.1 Å². The first kappa shape index (κ1) is 18.5. The lowest BCUT2D eigenvalue weighted by Crippen LogP contribution is -2.14. The lowest BCUT2D eigenvalue weighted by atomic mass is 10.0. The molecule has 0 saturated heterocycles. The molecular formula is C19H18FN3OS2. The van der Waals surface area contributed by atoms with E-state index in [9.17, 15) is 9.18 Å². The van der Waals surface area contributed by atoms with Crippen molar-refractivity contribution in [1.82, 2.24) is 10.2 Å². The second kappa shape index (κ2) is 8.42. The van der Waals surface area contributed by atoms with E-state index in [0.717, 1.165) is 15.5 Å². The average molecular weight is 388 g/mol. The summed E-state index contributed by atoms with van der Waals surface area (Å²) in [7, 11) is 0. The van der Waals surface area contributed by atoms with E-state index in [1.54, 1.807) is 12.1 Å². The molecule has 2 aromatic carbocycles. The smallest absolute Gasteiger partial charge is 0.230 e. The highest BCUT2D eigenvalue weighted by atomic mass is 32.2. The molecule has 1 amide bonds. The van der Waals surface area contributed by atoms with E-state index in [0.29, 0.717) is 17.3 Å². The third kappa shape index (κ3) is 5.12. The highest BCUT2D eigenvalue weighted by molar-refractivity contribution is 8.00. The van der Waals surface area contributed by atoms with Crippen LogP contribution in [0.1, 0.15) is 22.3 Å². The molecule has 0 aliphatic carbocycles. The summed E-state index contributed by atoms with van der Waals surface area (Å²) >= 11 is 2.84. The van der Waals surface area contributed by atoms with Crippen molar-refractivity contribution in [3.8, 4) is 0 Å². The van der Waals surface area contributed by atoms with Gasteiger partial charge in [0.25, 0.3) is 0 Å². The minimum Gasteiger partial charge on any atom is -0.300 e. The van der Waals surface area contributed by atoms with Crippen molar-refractivity contribution < 1.29 is 9.18 Å². The average Bonchev–Trinajstić information content (AvgIpc) is 3.05. The van der Waals surface area contributed by atoms with Crippen molar-refractivity contribution in [3.63, 3.8) is 0 Å². The number of amides is 1. The molecule has 0 saturated carbocycles. The number of carbonyl (C=O) groups is 1. The highest BCUT2D eigenvalue weighted by Crippen LogP contribution is 2.28. The van der Waals surface area contributed by atoms with Crippen LogP contribution in [0.3, 0.4) is 0 Å². The summed E-state index contributed by atoms with van der Waals surface area (Å²) in [5, 5.41) is 11.4. The van der Waals surface area contributed by atoms with E-state index in [-0.39, 0.29) is 11.7 Å². The van der Waals surface area contributed by atoms with Crippen LogP contribution < -0.4 is 5.32 Å². The van der Waals surface area contributed by atoms with E-state index in [2.05, 4.69) is 15.5 Å². The second-order valence-corrected chi connectivity index (χ2v) is 8.13. The Morgan fingerprint density at radius 3 is 2.54 bits per heavy atom. The summed E-state index contributed by atoms with van der Waals surface area (Å²) < 4.78 is 13.7. The Morgan fingerprint density at radius 1 is 1.08 bits per heavy atom. The van der Waals surface area contributed by atoms with Gasteiger partial charge in [0, 0.05) is 5.75 Å². The lowest BCUT2D eigenvalue weighted by Gasteiger charge is -2.05. The molecule has 0 aliphatic heterocycles. The number of halogens is 1.